The Morgan fingerprint density at radius 3 is 1.85 bits per heavy atom. The van der Waals surface area contributed by atoms with E-state index >= 15 is 0 Å². The van der Waals surface area contributed by atoms with Crippen LogP contribution in [0.4, 0.5) is 0 Å². The van der Waals surface area contributed by atoms with Crippen molar-refractivity contribution in [2.24, 2.45) is 0 Å². The molecule has 0 saturated carbocycles. The summed E-state index contributed by atoms with van der Waals surface area (Å²) in [5.41, 5.74) is 5.96. The maximum Gasteiger partial charge on any atom is -0.00990 e. The van der Waals surface area contributed by atoms with Crippen molar-refractivity contribution in [1.29, 1.82) is 0 Å². The first-order valence-corrected chi connectivity index (χ1v) is 5.16. The Labute approximate surface area is 83.0 Å². The minimum absolute atomic E-state index is 1.17. The molecule has 0 atom stereocenters. The number of rotatable bonds is 1. The van der Waals surface area contributed by atoms with E-state index in [-0.39, 0.29) is 0 Å². The van der Waals surface area contributed by atoms with E-state index < -0.39 is 0 Å². The summed E-state index contributed by atoms with van der Waals surface area (Å²) >= 11 is 0. The Morgan fingerprint density at radius 2 is 1.54 bits per heavy atom. The molecule has 74 valence electrons. The van der Waals surface area contributed by atoms with Crippen molar-refractivity contribution in [3.63, 3.8) is 0 Å². The lowest BCUT2D eigenvalue weighted by atomic mass is 10.1. The maximum absolute atomic E-state index is 2.22. The summed E-state index contributed by atoms with van der Waals surface area (Å²) in [6, 6.07) is 0. The van der Waals surface area contributed by atoms with Gasteiger partial charge in [0.1, 0.15) is 0 Å². The standard InChI is InChI=1S/C11H16.C2H6/c1-5-6-11-9(3)7-8(2)10(11)4;1-2/h5-6H,7H2,1-4H3;1-2H3/b6-5-;. The van der Waals surface area contributed by atoms with Gasteiger partial charge >= 0.3 is 0 Å². The quantitative estimate of drug-likeness (QED) is 0.548. The topological polar surface area (TPSA) is 0 Å². The molecular formula is C13H22. The Morgan fingerprint density at radius 1 is 1.00 bits per heavy atom. The molecule has 0 aromatic heterocycles. The van der Waals surface area contributed by atoms with E-state index in [4.69, 9.17) is 0 Å². The van der Waals surface area contributed by atoms with Gasteiger partial charge in [0.2, 0.25) is 0 Å². The molecule has 0 aromatic rings. The van der Waals surface area contributed by atoms with Gasteiger partial charge in [-0.1, -0.05) is 37.1 Å². The average Bonchev–Trinajstić information content (AvgIpc) is 2.36. The molecule has 0 N–H and O–H groups in total. The minimum atomic E-state index is 1.17. The van der Waals surface area contributed by atoms with Crippen molar-refractivity contribution >= 4 is 0 Å². The summed E-state index contributed by atoms with van der Waals surface area (Å²) in [6.07, 6.45) is 5.49. The van der Waals surface area contributed by atoms with Gasteiger partial charge in [0.25, 0.3) is 0 Å². The molecule has 13 heavy (non-hydrogen) atoms. The summed E-state index contributed by atoms with van der Waals surface area (Å²) in [4.78, 5) is 0. The third-order valence-corrected chi connectivity index (χ3v) is 2.37. The van der Waals surface area contributed by atoms with E-state index in [2.05, 4.69) is 39.8 Å². The highest BCUT2D eigenvalue weighted by atomic mass is 14.2. The van der Waals surface area contributed by atoms with Crippen LogP contribution >= 0.6 is 0 Å². The SMILES string of the molecule is C/C=C\C1=C(C)CC(C)=C1C.CC. The largest absolute Gasteiger partial charge is 0.0871 e. The molecule has 0 heterocycles. The third-order valence-electron chi connectivity index (χ3n) is 2.37. The van der Waals surface area contributed by atoms with Gasteiger partial charge in [-0.25, -0.2) is 0 Å². The predicted molar refractivity (Wildman–Crippen MR) is 61.9 cm³/mol. The predicted octanol–water partition coefficient (Wildman–Crippen LogP) is 4.65. The van der Waals surface area contributed by atoms with E-state index in [1.165, 1.54) is 28.7 Å². The van der Waals surface area contributed by atoms with Gasteiger partial charge in [-0.15, -0.1) is 0 Å². The maximum atomic E-state index is 2.22. The molecule has 0 saturated heterocycles. The highest BCUT2D eigenvalue weighted by Gasteiger charge is 2.12. The van der Waals surface area contributed by atoms with Gasteiger partial charge in [-0.2, -0.15) is 0 Å². The molecule has 1 aliphatic carbocycles. The second-order valence-electron chi connectivity index (χ2n) is 3.28. The zero-order valence-corrected chi connectivity index (χ0v) is 9.86. The number of hydrogen-bond acceptors (Lipinski definition) is 0. The molecule has 0 radical (unpaired) electrons. The summed E-state index contributed by atoms with van der Waals surface area (Å²) in [7, 11) is 0. The van der Waals surface area contributed by atoms with Crippen LogP contribution in [0.1, 0.15) is 48.0 Å². The van der Waals surface area contributed by atoms with E-state index in [0.29, 0.717) is 0 Å². The van der Waals surface area contributed by atoms with Crippen molar-refractivity contribution < 1.29 is 0 Å². The van der Waals surface area contributed by atoms with Crippen LogP contribution in [0.2, 0.25) is 0 Å². The molecule has 0 amide bonds. The fourth-order valence-corrected chi connectivity index (χ4v) is 1.61. The van der Waals surface area contributed by atoms with E-state index in [1.807, 2.05) is 13.8 Å². The summed E-state index contributed by atoms with van der Waals surface area (Å²) in [5, 5.41) is 0. The van der Waals surface area contributed by atoms with Crippen molar-refractivity contribution in [3.05, 3.63) is 34.4 Å². The Balaban J connectivity index is 0.000000671. The number of allylic oxidation sites excluding steroid dienone is 6. The van der Waals surface area contributed by atoms with E-state index in [0.717, 1.165) is 0 Å². The van der Waals surface area contributed by atoms with Crippen LogP contribution in [-0.4, -0.2) is 0 Å². The van der Waals surface area contributed by atoms with Crippen LogP contribution in [0.15, 0.2) is 34.4 Å². The van der Waals surface area contributed by atoms with E-state index in [9.17, 15) is 0 Å². The summed E-state index contributed by atoms with van der Waals surface area (Å²) in [6.45, 7) is 12.7. The Kier molecular flexibility index (Phi) is 5.45. The average molecular weight is 178 g/mol. The van der Waals surface area contributed by atoms with Gasteiger partial charge in [-0.05, 0) is 45.3 Å². The lowest BCUT2D eigenvalue weighted by Crippen LogP contribution is -1.78. The zero-order valence-electron chi connectivity index (χ0n) is 9.86. The molecule has 0 fully saturated rings. The molecule has 1 aliphatic rings. The number of hydrogen-bond donors (Lipinski definition) is 0. The molecule has 0 unspecified atom stereocenters. The van der Waals surface area contributed by atoms with Gasteiger partial charge < -0.3 is 0 Å². The van der Waals surface area contributed by atoms with Crippen LogP contribution in [0.3, 0.4) is 0 Å². The van der Waals surface area contributed by atoms with E-state index in [1.54, 1.807) is 0 Å². The van der Waals surface area contributed by atoms with Crippen LogP contribution in [0.5, 0.6) is 0 Å². The second-order valence-corrected chi connectivity index (χ2v) is 3.28. The van der Waals surface area contributed by atoms with Crippen LogP contribution in [0.25, 0.3) is 0 Å². The summed E-state index contributed by atoms with van der Waals surface area (Å²) < 4.78 is 0. The second kappa shape index (κ2) is 5.80. The molecular weight excluding hydrogens is 156 g/mol. The first-order chi connectivity index (χ1) is 6.16. The molecule has 0 aromatic carbocycles. The smallest absolute Gasteiger partial charge is 0.00990 e. The molecule has 0 nitrogen and oxygen atoms in total. The first-order valence-electron chi connectivity index (χ1n) is 5.16. The van der Waals surface area contributed by atoms with Crippen LogP contribution < -0.4 is 0 Å². The van der Waals surface area contributed by atoms with Gasteiger partial charge in [0, 0.05) is 0 Å². The molecule has 0 spiro atoms. The lowest BCUT2D eigenvalue weighted by molar-refractivity contribution is 1.14. The highest BCUT2D eigenvalue weighted by molar-refractivity contribution is 5.50. The van der Waals surface area contributed by atoms with Gasteiger partial charge in [0.05, 0.1) is 0 Å². The van der Waals surface area contributed by atoms with Crippen LogP contribution in [0, 0.1) is 0 Å². The van der Waals surface area contributed by atoms with Gasteiger partial charge in [-0.3, -0.25) is 0 Å². The minimum Gasteiger partial charge on any atom is -0.0871 e. The molecule has 1 rings (SSSR count). The van der Waals surface area contributed by atoms with Crippen molar-refractivity contribution in [1.82, 2.24) is 0 Å². The monoisotopic (exact) mass is 178 g/mol. The lowest BCUT2D eigenvalue weighted by Gasteiger charge is -1.97. The normalized spacial score (nSPS) is 16.8. The third kappa shape index (κ3) is 2.87. The van der Waals surface area contributed by atoms with Crippen molar-refractivity contribution in [2.75, 3.05) is 0 Å². The molecule has 0 bridgehead atoms. The first kappa shape index (κ1) is 12.2. The summed E-state index contributed by atoms with van der Waals surface area (Å²) in [5.74, 6) is 0. The highest BCUT2D eigenvalue weighted by Crippen LogP contribution is 2.31. The fourth-order valence-electron chi connectivity index (χ4n) is 1.61. The molecule has 0 aliphatic heterocycles. The Hall–Kier alpha value is -0.780. The van der Waals surface area contributed by atoms with Crippen LogP contribution in [-0.2, 0) is 0 Å². The Bertz CT molecular complexity index is 249. The molecule has 0 heteroatoms. The fraction of sp³-hybridized carbons (Fsp3) is 0.538. The zero-order chi connectivity index (χ0) is 10.4. The van der Waals surface area contributed by atoms with Gasteiger partial charge in [0.15, 0.2) is 0 Å². The van der Waals surface area contributed by atoms with Crippen molar-refractivity contribution in [2.45, 2.75) is 48.0 Å². The van der Waals surface area contributed by atoms with Crippen molar-refractivity contribution in [3.8, 4) is 0 Å².